The van der Waals surface area contributed by atoms with Crippen molar-refractivity contribution < 1.29 is 35.9 Å². The van der Waals surface area contributed by atoms with Crippen molar-refractivity contribution in [2.24, 2.45) is 0 Å². The maximum absolute atomic E-state index is 14.1. The Hall–Kier alpha value is -2.66. The van der Waals surface area contributed by atoms with Crippen LogP contribution in [0.25, 0.3) is 0 Å². The molecule has 1 aliphatic heterocycles. The van der Waals surface area contributed by atoms with Gasteiger partial charge in [-0.3, -0.25) is 4.79 Å². The molecule has 1 aliphatic carbocycles. The fourth-order valence-electron chi connectivity index (χ4n) is 4.79. The standard InChI is InChI=1S/C23H24F4N2O4S/c1-2-15-13-28(16-5-8-20(21(24)11-16)23(25,26)27)9-10-29(15)34(32,33)17-6-3-14-4-7-18(22(30)31)19(14)12-17/h3,5-6,8,11-12,15,18H,2,4,7,9-10,13H2,1H3,(H,30,31). The zero-order chi connectivity index (χ0) is 24.8. The molecule has 2 aromatic rings. The summed E-state index contributed by atoms with van der Waals surface area (Å²) in [6, 6.07) is 6.81. The van der Waals surface area contributed by atoms with Gasteiger partial charge in [-0.25, -0.2) is 12.8 Å². The van der Waals surface area contributed by atoms with Gasteiger partial charge >= 0.3 is 12.1 Å². The monoisotopic (exact) mass is 500 g/mol. The van der Waals surface area contributed by atoms with Crippen LogP contribution in [0.2, 0.25) is 0 Å². The maximum atomic E-state index is 14.1. The van der Waals surface area contributed by atoms with Crippen molar-refractivity contribution in [3.63, 3.8) is 0 Å². The summed E-state index contributed by atoms with van der Waals surface area (Å²) in [6.07, 6.45) is -3.36. The maximum Gasteiger partial charge on any atom is 0.419 e. The van der Waals surface area contributed by atoms with Gasteiger partial charge in [0.2, 0.25) is 10.0 Å². The first kappa shape index (κ1) is 24.5. The molecule has 1 saturated heterocycles. The molecule has 1 N–H and O–H groups in total. The summed E-state index contributed by atoms with van der Waals surface area (Å²) in [7, 11) is -3.94. The van der Waals surface area contributed by atoms with Gasteiger partial charge in [-0.05, 0) is 60.7 Å². The number of alkyl halides is 3. The number of piperazine rings is 1. The molecule has 1 heterocycles. The molecule has 11 heteroatoms. The van der Waals surface area contributed by atoms with E-state index in [0.717, 1.165) is 11.6 Å². The van der Waals surface area contributed by atoms with Crippen molar-refractivity contribution in [1.82, 2.24) is 4.31 Å². The van der Waals surface area contributed by atoms with Gasteiger partial charge in [0, 0.05) is 31.4 Å². The van der Waals surface area contributed by atoms with E-state index in [1.54, 1.807) is 17.9 Å². The SMILES string of the molecule is CCC1CN(c2ccc(C(F)(F)F)c(F)c2)CCN1S(=O)(=O)c1ccc2c(c1)C(C(=O)O)CC2. The van der Waals surface area contributed by atoms with Gasteiger partial charge in [0.1, 0.15) is 5.82 Å². The minimum atomic E-state index is -4.79. The highest BCUT2D eigenvalue weighted by molar-refractivity contribution is 7.89. The lowest BCUT2D eigenvalue weighted by Crippen LogP contribution is -2.55. The molecule has 34 heavy (non-hydrogen) atoms. The number of hydrogen-bond donors (Lipinski definition) is 1. The Balaban J connectivity index is 1.58. The van der Waals surface area contributed by atoms with Crippen molar-refractivity contribution in [2.45, 2.75) is 49.2 Å². The summed E-state index contributed by atoms with van der Waals surface area (Å²) in [5, 5.41) is 9.45. The van der Waals surface area contributed by atoms with Crippen LogP contribution in [0.4, 0.5) is 23.2 Å². The van der Waals surface area contributed by atoms with Crippen molar-refractivity contribution in [3.05, 3.63) is 58.9 Å². The molecular formula is C23H24F4N2O4S. The van der Waals surface area contributed by atoms with E-state index >= 15 is 0 Å². The van der Waals surface area contributed by atoms with Crippen LogP contribution in [0.3, 0.4) is 0 Å². The Bertz CT molecular complexity index is 1220. The lowest BCUT2D eigenvalue weighted by Gasteiger charge is -2.41. The number of anilines is 1. The first-order valence-corrected chi connectivity index (χ1v) is 12.4. The molecular weight excluding hydrogens is 476 g/mol. The lowest BCUT2D eigenvalue weighted by atomic mass is 10.0. The van der Waals surface area contributed by atoms with E-state index in [9.17, 15) is 35.9 Å². The molecule has 2 aromatic carbocycles. The number of aryl methyl sites for hydroxylation is 1. The number of carboxylic acid groups (broad SMARTS) is 1. The molecule has 2 unspecified atom stereocenters. The van der Waals surface area contributed by atoms with Crippen LogP contribution < -0.4 is 4.90 Å². The normalized spacial score (nSPS) is 21.5. The molecule has 184 valence electrons. The smallest absolute Gasteiger partial charge is 0.419 e. The molecule has 0 saturated carbocycles. The second kappa shape index (κ2) is 8.84. The molecule has 6 nitrogen and oxygen atoms in total. The Morgan fingerprint density at radius 3 is 2.50 bits per heavy atom. The summed E-state index contributed by atoms with van der Waals surface area (Å²) < 4.78 is 81.0. The molecule has 4 rings (SSSR count). The van der Waals surface area contributed by atoms with Gasteiger partial charge in [-0.2, -0.15) is 17.5 Å². The molecule has 0 bridgehead atoms. The van der Waals surface area contributed by atoms with Gasteiger partial charge in [0.15, 0.2) is 0 Å². The lowest BCUT2D eigenvalue weighted by molar-refractivity contribution is -0.140. The zero-order valence-corrected chi connectivity index (χ0v) is 19.2. The van der Waals surface area contributed by atoms with Crippen LogP contribution in [0, 0.1) is 5.82 Å². The van der Waals surface area contributed by atoms with E-state index in [1.807, 2.05) is 0 Å². The van der Waals surface area contributed by atoms with Crippen molar-refractivity contribution in [1.29, 1.82) is 0 Å². The number of benzene rings is 2. The topological polar surface area (TPSA) is 77.9 Å². The van der Waals surface area contributed by atoms with E-state index in [0.29, 0.717) is 30.9 Å². The summed E-state index contributed by atoms with van der Waals surface area (Å²) in [5.74, 6) is -3.10. The fourth-order valence-corrected chi connectivity index (χ4v) is 6.50. The summed E-state index contributed by atoms with van der Waals surface area (Å²) in [6.45, 7) is 2.21. The summed E-state index contributed by atoms with van der Waals surface area (Å²) >= 11 is 0. The minimum absolute atomic E-state index is 0.0203. The number of halogens is 4. The fraction of sp³-hybridized carbons (Fsp3) is 0.435. The third kappa shape index (κ3) is 4.38. The van der Waals surface area contributed by atoms with Crippen molar-refractivity contribution in [2.75, 3.05) is 24.5 Å². The molecule has 0 radical (unpaired) electrons. The van der Waals surface area contributed by atoms with Crippen LogP contribution >= 0.6 is 0 Å². The van der Waals surface area contributed by atoms with Gasteiger partial charge in [0.25, 0.3) is 0 Å². The number of sulfonamides is 1. The Kier molecular flexibility index (Phi) is 6.36. The molecule has 0 aromatic heterocycles. The van der Waals surface area contributed by atoms with Gasteiger partial charge in [0.05, 0.1) is 16.4 Å². The highest BCUT2D eigenvalue weighted by atomic mass is 32.2. The molecule has 0 spiro atoms. The van der Waals surface area contributed by atoms with Gasteiger partial charge in [-0.15, -0.1) is 0 Å². The number of fused-ring (bicyclic) bond motifs is 1. The second-order valence-corrected chi connectivity index (χ2v) is 10.5. The molecule has 0 amide bonds. The first-order valence-electron chi connectivity index (χ1n) is 10.9. The third-order valence-electron chi connectivity index (χ3n) is 6.62. The first-order chi connectivity index (χ1) is 15.9. The highest BCUT2D eigenvalue weighted by Gasteiger charge is 2.38. The van der Waals surface area contributed by atoms with Crippen molar-refractivity contribution >= 4 is 21.7 Å². The average molecular weight is 501 g/mol. The number of nitrogens with zero attached hydrogens (tertiary/aromatic N) is 2. The van der Waals surface area contributed by atoms with Crippen LogP contribution in [0.5, 0.6) is 0 Å². The Morgan fingerprint density at radius 1 is 1.15 bits per heavy atom. The minimum Gasteiger partial charge on any atom is -0.481 e. The molecule has 2 aliphatic rings. The number of aliphatic carboxylic acids is 1. The van der Waals surface area contributed by atoms with Crippen LogP contribution in [-0.2, 0) is 27.4 Å². The van der Waals surface area contributed by atoms with E-state index in [-0.39, 0.29) is 30.2 Å². The van der Waals surface area contributed by atoms with E-state index in [1.165, 1.54) is 22.5 Å². The number of hydrogen-bond acceptors (Lipinski definition) is 4. The van der Waals surface area contributed by atoms with Crippen LogP contribution in [-0.4, -0.2) is 49.5 Å². The van der Waals surface area contributed by atoms with E-state index in [4.69, 9.17) is 0 Å². The predicted molar refractivity (Wildman–Crippen MR) is 117 cm³/mol. The Labute approximate surface area is 194 Å². The van der Waals surface area contributed by atoms with E-state index < -0.39 is 45.5 Å². The van der Waals surface area contributed by atoms with Gasteiger partial charge in [-0.1, -0.05) is 13.0 Å². The number of rotatable bonds is 5. The highest BCUT2D eigenvalue weighted by Crippen LogP contribution is 2.37. The third-order valence-corrected chi connectivity index (χ3v) is 8.57. The Morgan fingerprint density at radius 2 is 1.88 bits per heavy atom. The molecule has 1 fully saturated rings. The summed E-state index contributed by atoms with van der Waals surface area (Å²) in [5.41, 5.74) is 0.247. The van der Waals surface area contributed by atoms with Crippen molar-refractivity contribution in [3.8, 4) is 0 Å². The van der Waals surface area contributed by atoms with Gasteiger partial charge < -0.3 is 10.0 Å². The largest absolute Gasteiger partial charge is 0.481 e. The zero-order valence-electron chi connectivity index (χ0n) is 18.3. The molecule has 2 atom stereocenters. The van der Waals surface area contributed by atoms with E-state index in [2.05, 4.69) is 0 Å². The predicted octanol–water partition coefficient (Wildman–Crippen LogP) is 4.25. The van der Waals surface area contributed by atoms with Crippen LogP contribution in [0.1, 0.15) is 42.4 Å². The summed E-state index contributed by atoms with van der Waals surface area (Å²) in [4.78, 5) is 13.2. The number of carbonyl (C=O) groups is 1. The second-order valence-electron chi connectivity index (χ2n) is 8.58. The van der Waals surface area contributed by atoms with Crippen LogP contribution in [0.15, 0.2) is 41.3 Å². The average Bonchev–Trinajstić information content (AvgIpc) is 3.21. The quantitative estimate of drug-likeness (QED) is 0.622. The number of carboxylic acids is 1.